The summed E-state index contributed by atoms with van der Waals surface area (Å²) in [5, 5.41) is 4.09. The minimum atomic E-state index is -0.469. The Morgan fingerprint density at radius 2 is 1.70 bits per heavy atom. The van der Waals surface area contributed by atoms with Gasteiger partial charge in [-0.05, 0) is 81.2 Å². The Labute approximate surface area is 229 Å². The maximum atomic E-state index is 13.8. The number of carbonyl (C=O) groups excluding carboxylic acids is 1. The van der Waals surface area contributed by atoms with Crippen LogP contribution in [0.3, 0.4) is 0 Å². The average Bonchev–Trinajstić information content (AvgIpc) is 2.88. The molecular formula is C28H29BrClN5O2. The van der Waals surface area contributed by atoms with Crippen molar-refractivity contribution < 1.29 is 4.79 Å². The molecule has 1 unspecified atom stereocenters. The van der Waals surface area contributed by atoms with Crippen LogP contribution in [0.5, 0.6) is 0 Å². The second-order valence-electron chi connectivity index (χ2n) is 8.96. The summed E-state index contributed by atoms with van der Waals surface area (Å²) in [7, 11) is 3.92. The van der Waals surface area contributed by atoms with Gasteiger partial charge in [0, 0.05) is 28.3 Å². The summed E-state index contributed by atoms with van der Waals surface area (Å²) >= 11 is 9.57. The molecule has 1 atom stereocenters. The number of aromatic nitrogens is 2. The minimum absolute atomic E-state index is 0.192. The lowest BCUT2D eigenvalue weighted by molar-refractivity contribution is 0.173. The van der Waals surface area contributed by atoms with Crippen LogP contribution in [0.4, 0.5) is 10.5 Å². The molecular weight excluding hydrogens is 554 g/mol. The largest absolute Gasteiger partial charge is 0.322 e. The zero-order valence-electron chi connectivity index (χ0n) is 21.0. The van der Waals surface area contributed by atoms with Crippen molar-refractivity contribution in [3.63, 3.8) is 0 Å². The highest BCUT2D eigenvalue weighted by molar-refractivity contribution is 9.10. The summed E-state index contributed by atoms with van der Waals surface area (Å²) in [6, 6.07) is 21.0. The highest BCUT2D eigenvalue weighted by Crippen LogP contribution is 2.27. The molecule has 0 aliphatic carbocycles. The number of nitrogens with one attached hydrogen (secondary N) is 1. The van der Waals surface area contributed by atoms with Crippen molar-refractivity contribution in [1.29, 1.82) is 0 Å². The van der Waals surface area contributed by atoms with Gasteiger partial charge >= 0.3 is 6.03 Å². The number of anilines is 1. The van der Waals surface area contributed by atoms with E-state index in [0.717, 1.165) is 4.47 Å². The fourth-order valence-electron chi connectivity index (χ4n) is 4.19. The maximum absolute atomic E-state index is 13.8. The van der Waals surface area contributed by atoms with Crippen LogP contribution in [0.1, 0.15) is 25.2 Å². The molecule has 1 aromatic heterocycles. The van der Waals surface area contributed by atoms with Crippen molar-refractivity contribution in [2.24, 2.45) is 0 Å². The quantitative estimate of drug-likeness (QED) is 0.263. The van der Waals surface area contributed by atoms with Gasteiger partial charge in [0.25, 0.3) is 5.56 Å². The third kappa shape index (κ3) is 6.21. The van der Waals surface area contributed by atoms with Crippen molar-refractivity contribution >= 4 is 50.2 Å². The smallest absolute Gasteiger partial charge is 0.313 e. The number of halogens is 2. The van der Waals surface area contributed by atoms with Gasteiger partial charge in [-0.15, -0.1) is 0 Å². The van der Waals surface area contributed by atoms with Gasteiger partial charge in [-0.25, -0.2) is 9.78 Å². The molecule has 1 N–H and O–H groups in total. The molecule has 4 aromatic rings. The summed E-state index contributed by atoms with van der Waals surface area (Å²) in [4.78, 5) is 36.2. The van der Waals surface area contributed by atoms with E-state index in [1.54, 1.807) is 39.8 Å². The third-order valence-corrected chi connectivity index (χ3v) is 6.87. The Bertz CT molecular complexity index is 1440. The Hall–Kier alpha value is -3.20. The molecule has 0 bridgehead atoms. The molecule has 0 fully saturated rings. The number of benzene rings is 3. The van der Waals surface area contributed by atoms with Crippen molar-refractivity contribution in [3.05, 3.63) is 98.5 Å². The van der Waals surface area contributed by atoms with Gasteiger partial charge in [0.15, 0.2) is 0 Å². The van der Waals surface area contributed by atoms with E-state index in [4.69, 9.17) is 16.6 Å². The number of urea groups is 1. The normalized spacial score (nSPS) is 12.1. The molecule has 0 saturated heterocycles. The summed E-state index contributed by atoms with van der Waals surface area (Å²) in [6.07, 6.45) is 0.555. The molecule has 192 valence electrons. The highest BCUT2D eigenvalue weighted by atomic mass is 79.9. The SMILES string of the molecule is CCC(c1nc2ccccc2c(=O)n1-c1ccc(Cl)cc1)N(CCN(C)C)C(=O)Nc1ccc(Br)cc1. The molecule has 0 aliphatic heterocycles. The summed E-state index contributed by atoms with van der Waals surface area (Å²) in [5.74, 6) is 0.498. The van der Waals surface area contributed by atoms with Crippen LogP contribution in [-0.2, 0) is 0 Å². The summed E-state index contributed by atoms with van der Waals surface area (Å²) in [6.45, 7) is 3.08. The monoisotopic (exact) mass is 581 g/mol. The van der Waals surface area contributed by atoms with E-state index >= 15 is 0 Å². The molecule has 9 heteroatoms. The minimum Gasteiger partial charge on any atom is -0.313 e. The lowest BCUT2D eigenvalue weighted by atomic mass is 10.1. The van der Waals surface area contributed by atoms with E-state index in [9.17, 15) is 9.59 Å². The zero-order valence-corrected chi connectivity index (χ0v) is 23.3. The second-order valence-corrected chi connectivity index (χ2v) is 10.3. The van der Waals surface area contributed by atoms with Gasteiger partial charge in [0.2, 0.25) is 0 Å². The Morgan fingerprint density at radius 3 is 2.35 bits per heavy atom. The first kappa shape index (κ1) is 26.9. The fourth-order valence-corrected chi connectivity index (χ4v) is 4.58. The Kier molecular flexibility index (Phi) is 8.63. The predicted octanol–water partition coefficient (Wildman–Crippen LogP) is 6.35. The molecule has 1 heterocycles. The molecule has 0 spiro atoms. The summed E-state index contributed by atoms with van der Waals surface area (Å²) in [5.41, 5.74) is 1.72. The van der Waals surface area contributed by atoms with Gasteiger partial charge < -0.3 is 15.1 Å². The third-order valence-electron chi connectivity index (χ3n) is 6.09. The summed E-state index contributed by atoms with van der Waals surface area (Å²) < 4.78 is 2.52. The molecule has 0 saturated carbocycles. The van der Waals surface area contributed by atoms with Crippen LogP contribution in [0.25, 0.3) is 16.6 Å². The van der Waals surface area contributed by atoms with Gasteiger partial charge in [0.1, 0.15) is 5.82 Å². The number of hydrogen-bond acceptors (Lipinski definition) is 4. The first-order valence-corrected chi connectivity index (χ1v) is 13.2. The van der Waals surface area contributed by atoms with E-state index < -0.39 is 6.04 Å². The number of rotatable bonds is 8. The van der Waals surface area contributed by atoms with E-state index in [0.29, 0.717) is 52.6 Å². The number of hydrogen-bond donors (Lipinski definition) is 1. The van der Waals surface area contributed by atoms with Crippen LogP contribution in [-0.4, -0.2) is 52.6 Å². The molecule has 7 nitrogen and oxygen atoms in total. The molecule has 2 amide bonds. The van der Waals surface area contributed by atoms with Crippen molar-refractivity contribution in [2.45, 2.75) is 19.4 Å². The molecule has 4 rings (SSSR count). The standard InChI is InChI=1S/C28H29BrClN5O2/c1-4-25(34(18-17-33(2)3)28(37)31-21-13-9-19(29)10-14-21)26-32-24-8-6-5-7-23(24)27(36)35(26)22-15-11-20(30)12-16-22/h5-16,25H,4,17-18H2,1-3H3,(H,31,37). The topological polar surface area (TPSA) is 70.5 Å². The lowest BCUT2D eigenvalue weighted by Crippen LogP contribution is -2.43. The van der Waals surface area contributed by atoms with E-state index in [-0.39, 0.29) is 11.6 Å². The highest BCUT2D eigenvalue weighted by Gasteiger charge is 2.29. The molecule has 0 aliphatic rings. The number of fused-ring (bicyclic) bond motifs is 1. The van der Waals surface area contributed by atoms with Crippen LogP contribution in [0.2, 0.25) is 5.02 Å². The Balaban J connectivity index is 1.85. The van der Waals surface area contributed by atoms with Crippen molar-refractivity contribution in [2.75, 3.05) is 32.5 Å². The average molecular weight is 583 g/mol. The van der Waals surface area contributed by atoms with Gasteiger partial charge in [0.05, 0.1) is 22.6 Å². The fraction of sp³-hybridized carbons (Fsp3) is 0.250. The van der Waals surface area contributed by atoms with Crippen LogP contribution in [0.15, 0.2) is 82.1 Å². The maximum Gasteiger partial charge on any atom is 0.322 e. The predicted molar refractivity (Wildman–Crippen MR) is 154 cm³/mol. The van der Waals surface area contributed by atoms with Gasteiger partial charge in [-0.3, -0.25) is 9.36 Å². The molecule has 3 aromatic carbocycles. The van der Waals surface area contributed by atoms with Gasteiger partial charge in [-0.2, -0.15) is 0 Å². The molecule has 0 radical (unpaired) electrons. The molecule has 37 heavy (non-hydrogen) atoms. The first-order chi connectivity index (χ1) is 17.8. The van der Waals surface area contributed by atoms with Crippen LogP contribution >= 0.6 is 27.5 Å². The van der Waals surface area contributed by atoms with Crippen LogP contribution in [0, 0.1) is 0 Å². The lowest BCUT2D eigenvalue weighted by Gasteiger charge is -2.33. The zero-order chi connectivity index (χ0) is 26.5. The van der Waals surface area contributed by atoms with E-state index in [1.165, 1.54) is 0 Å². The van der Waals surface area contributed by atoms with Gasteiger partial charge in [-0.1, -0.05) is 46.6 Å². The van der Waals surface area contributed by atoms with Crippen molar-refractivity contribution in [1.82, 2.24) is 19.4 Å². The second kappa shape index (κ2) is 11.9. The number of likely N-dealkylation sites (N-methyl/N-ethyl adjacent to an activating group) is 1. The van der Waals surface area contributed by atoms with E-state index in [2.05, 4.69) is 21.2 Å². The van der Waals surface area contributed by atoms with Crippen LogP contribution < -0.4 is 10.9 Å². The number of amides is 2. The number of para-hydroxylation sites is 1. The number of nitrogens with zero attached hydrogens (tertiary/aromatic N) is 4. The number of carbonyl (C=O) groups is 1. The van der Waals surface area contributed by atoms with E-state index in [1.807, 2.05) is 68.4 Å². The Morgan fingerprint density at radius 1 is 1.03 bits per heavy atom. The van der Waals surface area contributed by atoms with Crippen molar-refractivity contribution in [3.8, 4) is 5.69 Å². The first-order valence-electron chi connectivity index (χ1n) is 12.0.